The summed E-state index contributed by atoms with van der Waals surface area (Å²) in [6, 6.07) is 65.1. The smallest absolute Gasteiger partial charge is 0.136 e. The molecule has 0 bridgehead atoms. The number of furan rings is 1. The van der Waals surface area contributed by atoms with Crippen molar-refractivity contribution in [2.24, 2.45) is 0 Å². The monoisotopic (exact) mass is 692 g/mol. The van der Waals surface area contributed by atoms with E-state index in [1.165, 1.54) is 44.2 Å². The summed E-state index contributed by atoms with van der Waals surface area (Å²) < 4.78 is 6.64. The zero-order valence-electron chi connectivity index (χ0n) is 29.6. The second-order valence-electron chi connectivity index (χ2n) is 13.7. The summed E-state index contributed by atoms with van der Waals surface area (Å²) in [6.07, 6.45) is 6.41. The molecule has 0 fully saturated rings. The maximum absolute atomic E-state index is 6.64. The molecule has 3 heteroatoms. The predicted octanol–water partition coefficient (Wildman–Crippen LogP) is 13.7. The van der Waals surface area contributed by atoms with Crippen LogP contribution in [-0.4, -0.2) is 6.54 Å². The van der Waals surface area contributed by atoms with Crippen LogP contribution in [0.5, 0.6) is 0 Å². The molecule has 0 radical (unpaired) electrons. The summed E-state index contributed by atoms with van der Waals surface area (Å²) >= 11 is 0. The van der Waals surface area contributed by atoms with Crippen LogP contribution in [0.1, 0.15) is 5.56 Å². The van der Waals surface area contributed by atoms with E-state index in [0.29, 0.717) is 0 Å². The fourth-order valence-corrected chi connectivity index (χ4v) is 7.92. The van der Waals surface area contributed by atoms with Gasteiger partial charge in [-0.15, -0.1) is 0 Å². The van der Waals surface area contributed by atoms with E-state index < -0.39 is 0 Å². The van der Waals surface area contributed by atoms with Gasteiger partial charge in [0.2, 0.25) is 0 Å². The van der Waals surface area contributed by atoms with Gasteiger partial charge in [-0.1, -0.05) is 140 Å². The summed E-state index contributed by atoms with van der Waals surface area (Å²) in [6.45, 7) is 0.814. The van der Waals surface area contributed by atoms with E-state index >= 15 is 0 Å². The van der Waals surface area contributed by atoms with Crippen LogP contribution in [-0.2, 0) is 0 Å². The molecule has 1 aromatic heterocycles. The Kier molecular flexibility index (Phi) is 7.88. The van der Waals surface area contributed by atoms with Crippen LogP contribution in [0, 0.1) is 0 Å². The van der Waals surface area contributed by atoms with Gasteiger partial charge < -0.3 is 14.6 Å². The highest BCUT2D eigenvalue weighted by Crippen LogP contribution is 2.44. The van der Waals surface area contributed by atoms with Gasteiger partial charge in [-0.3, -0.25) is 0 Å². The van der Waals surface area contributed by atoms with E-state index in [1.54, 1.807) is 0 Å². The first kappa shape index (κ1) is 31.6. The first-order valence-electron chi connectivity index (χ1n) is 18.5. The predicted molar refractivity (Wildman–Crippen MR) is 227 cm³/mol. The van der Waals surface area contributed by atoms with E-state index in [4.69, 9.17) is 4.42 Å². The lowest BCUT2D eigenvalue weighted by molar-refractivity contribution is 0.669. The van der Waals surface area contributed by atoms with Crippen LogP contribution < -0.4 is 10.2 Å². The van der Waals surface area contributed by atoms with Gasteiger partial charge in [0.1, 0.15) is 11.2 Å². The molecular formula is C51H36N2O. The number of nitrogens with zero attached hydrogens (tertiary/aromatic N) is 1. The largest absolute Gasteiger partial charge is 0.456 e. The van der Waals surface area contributed by atoms with Gasteiger partial charge in [0.15, 0.2) is 0 Å². The molecule has 0 spiro atoms. The van der Waals surface area contributed by atoms with Gasteiger partial charge in [0.05, 0.1) is 0 Å². The molecule has 0 amide bonds. The molecular weight excluding hydrogens is 657 g/mol. The normalized spacial score (nSPS) is 12.6. The lowest BCUT2D eigenvalue weighted by Gasteiger charge is -2.26. The molecule has 1 aliphatic rings. The van der Waals surface area contributed by atoms with Crippen LogP contribution >= 0.6 is 0 Å². The number of rotatable bonds is 7. The Morgan fingerprint density at radius 2 is 0.963 bits per heavy atom. The van der Waals surface area contributed by atoms with Gasteiger partial charge >= 0.3 is 0 Å². The molecule has 54 heavy (non-hydrogen) atoms. The second kappa shape index (κ2) is 13.5. The van der Waals surface area contributed by atoms with Crippen LogP contribution in [0.3, 0.4) is 0 Å². The van der Waals surface area contributed by atoms with E-state index in [9.17, 15) is 0 Å². The SMILES string of the molecule is C1=CC(c2cccc3oc4cc(-c5ccc(N(c6ccc(-c7ccccc7)cc6)c6ccc(-c7ccccc7)cc6)cc5)c5ccccc5c4c23)=CCN1. The van der Waals surface area contributed by atoms with Gasteiger partial charge in [0, 0.05) is 34.4 Å². The number of allylic oxidation sites excluding steroid dienone is 2. The second-order valence-corrected chi connectivity index (χ2v) is 13.7. The molecule has 2 heterocycles. The quantitative estimate of drug-likeness (QED) is 0.180. The van der Waals surface area contributed by atoms with Crippen molar-refractivity contribution in [3.05, 3.63) is 206 Å². The molecule has 3 nitrogen and oxygen atoms in total. The lowest BCUT2D eigenvalue weighted by atomic mass is 9.92. The number of hydrogen-bond donors (Lipinski definition) is 1. The van der Waals surface area contributed by atoms with Crippen molar-refractivity contribution in [1.82, 2.24) is 5.32 Å². The fraction of sp³-hybridized carbons (Fsp3) is 0.0196. The van der Waals surface area contributed by atoms with Gasteiger partial charge in [-0.05, 0) is 116 Å². The minimum absolute atomic E-state index is 0.814. The van der Waals surface area contributed by atoms with E-state index in [1.807, 2.05) is 6.20 Å². The Morgan fingerprint density at radius 1 is 0.426 bits per heavy atom. The number of benzene rings is 8. The Balaban J connectivity index is 1.07. The molecule has 8 aromatic carbocycles. The average molecular weight is 693 g/mol. The van der Waals surface area contributed by atoms with E-state index in [2.05, 4.69) is 204 Å². The Labute approximate surface area is 314 Å². The Bertz CT molecular complexity index is 2750. The van der Waals surface area contributed by atoms with Crippen LogP contribution in [0.4, 0.5) is 17.1 Å². The first-order valence-corrected chi connectivity index (χ1v) is 18.5. The number of hydrogen-bond acceptors (Lipinski definition) is 3. The first-order chi connectivity index (χ1) is 26.8. The van der Waals surface area contributed by atoms with Gasteiger partial charge in [0.25, 0.3) is 0 Å². The third-order valence-corrected chi connectivity index (χ3v) is 10.5. The number of dihydropyridines is 1. The van der Waals surface area contributed by atoms with Crippen molar-refractivity contribution in [1.29, 1.82) is 0 Å². The van der Waals surface area contributed by atoms with Crippen molar-refractivity contribution in [2.45, 2.75) is 0 Å². The highest BCUT2D eigenvalue weighted by Gasteiger charge is 2.19. The maximum atomic E-state index is 6.64. The van der Waals surface area contributed by atoms with Crippen molar-refractivity contribution in [3.8, 4) is 33.4 Å². The van der Waals surface area contributed by atoms with Crippen molar-refractivity contribution >= 4 is 55.3 Å². The highest BCUT2D eigenvalue weighted by atomic mass is 16.3. The third kappa shape index (κ3) is 5.64. The van der Waals surface area contributed by atoms with E-state index in [-0.39, 0.29) is 0 Å². The maximum Gasteiger partial charge on any atom is 0.136 e. The zero-order valence-corrected chi connectivity index (χ0v) is 29.6. The topological polar surface area (TPSA) is 28.4 Å². The van der Waals surface area contributed by atoms with Gasteiger partial charge in [-0.2, -0.15) is 0 Å². The fourth-order valence-electron chi connectivity index (χ4n) is 7.92. The highest BCUT2D eigenvalue weighted by molar-refractivity contribution is 6.24. The minimum Gasteiger partial charge on any atom is -0.456 e. The molecule has 0 aliphatic carbocycles. The molecule has 0 atom stereocenters. The molecule has 0 saturated carbocycles. The zero-order chi connectivity index (χ0) is 35.8. The summed E-state index contributed by atoms with van der Waals surface area (Å²) in [5, 5.41) is 8.00. The van der Waals surface area contributed by atoms with Crippen molar-refractivity contribution < 1.29 is 4.42 Å². The average Bonchev–Trinajstić information content (AvgIpc) is 3.64. The number of fused-ring (bicyclic) bond motifs is 5. The molecule has 9 aromatic rings. The van der Waals surface area contributed by atoms with E-state index in [0.717, 1.165) is 56.7 Å². The standard InChI is InChI=1S/C51H36N2O/c1-3-10-35(11-4-1)37-18-24-41(25-19-37)53(42-26-20-38(21-27-42)36-12-5-2-6-13-36)43-28-22-39(23-29-43)47-34-49-51(46-15-8-7-14-45(46)47)50-44(16-9-17-48(50)54-49)40-30-32-52-33-31-40/h1-32,34,52H,33H2. The third-order valence-electron chi connectivity index (χ3n) is 10.5. The lowest BCUT2D eigenvalue weighted by Crippen LogP contribution is -2.09. The molecule has 256 valence electrons. The summed E-state index contributed by atoms with van der Waals surface area (Å²) in [5.41, 5.74) is 14.6. The molecule has 0 saturated heterocycles. The molecule has 0 unspecified atom stereocenters. The summed E-state index contributed by atoms with van der Waals surface area (Å²) in [7, 11) is 0. The van der Waals surface area contributed by atoms with Crippen molar-refractivity contribution in [3.63, 3.8) is 0 Å². The summed E-state index contributed by atoms with van der Waals surface area (Å²) in [4.78, 5) is 2.33. The Morgan fingerprint density at radius 3 is 1.54 bits per heavy atom. The Hall–Kier alpha value is -7.10. The van der Waals surface area contributed by atoms with Crippen LogP contribution in [0.25, 0.3) is 71.7 Å². The van der Waals surface area contributed by atoms with Crippen LogP contribution in [0.2, 0.25) is 0 Å². The summed E-state index contributed by atoms with van der Waals surface area (Å²) in [5.74, 6) is 0. The van der Waals surface area contributed by atoms with Gasteiger partial charge in [-0.25, -0.2) is 0 Å². The van der Waals surface area contributed by atoms with Crippen molar-refractivity contribution in [2.75, 3.05) is 11.4 Å². The van der Waals surface area contributed by atoms with Crippen LogP contribution in [0.15, 0.2) is 205 Å². The number of anilines is 3. The number of nitrogens with one attached hydrogen (secondary N) is 1. The molecule has 10 rings (SSSR count). The minimum atomic E-state index is 0.814. The molecule has 1 N–H and O–H groups in total. The molecule has 1 aliphatic heterocycles.